The molecule has 1 aromatic rings. The molecular weight excluding hydrogens is 261 g/mol. The number of likely N-dealkylation sites (tertiary alicyclic amines) is 1. The Balaban J connectivity index is 2.11. The minimum atomic E-state index is -0.314. The fourth-order valence-corrected chi connectivity index (χ4v) is 2.23. The van der Waals surface area contributed by atoms with E-state index in [1.807, 2.05) is 0 Å². The molecule has 80 valence electrons. The molecule has 1 aromatic carbocycles. The number of amides is 1. The van der Waals surface area contributed by atoms with Gasteiger partial charge in [-0.2, -0.15) is 0 Å². The maximum absolute atomic E-state index is 12.7. The smallest absolute Gasteiger partial charge is 0.253 e. The highest BCUT2D eigenvalue weighted by molar-refractivity contribution is 9.09. The van der Waals surface area contributed by atoms with Gasteiger partial charge in [-0.3, -0.25) is 4.79 Å². The molecule has 0 spiro atoms. The van der Waals surface area contributed by atoms with Crippen LogP contribution in [-0.4, -0.2) is 28.7 Å². The minimum Gasteiger partial charge on any atom is -0.337 e. The Morgan fingerprint density at radius 2 is 2.07 bits per heavy atom. The van der Waals surface area contributed by atoms with Gasteiger partial charge < -0.3 is 4.90 Å². The van der Waals surface area contributed by atoms with Gasteiger partial charge in [0.1, 0.15) is 5.82 Å². The summed E-state index contributed by atoms with van der Waals surface area (Å²) in [4.78, 5) is 14.1. The predicted molar refractivity (Wildman–Crippen MR) is 59.6 cm³/mol. The monoisotopic (exact) mass is 271 g/mol. The van der Waals surface area contributed by atoms with Gasteiger partial charge in [-0.1, -0.05) is 15.9 Å². The van der Waals surface area contributed by atoms with E-state index in [0.717, 1.165) is 19.5 Å². The molecule has 1 unspecified atom stereocenters. The van der Waals surface area contributed by atoms with Crippen LogP contribution >= 0.6 is 15.9 Å². The molecule has 0 saturated carbocycles. The fourth-order valence-electron chi connectivity index (χ4n) is 1.68. The van der Waals surface area contributed by atoms with Crippen LogP contribution in [0, 0.1) is 5.82 Å². The van der Waals surface area contributed by atoms with Gasteiger partial charge in [0.2, 0.25) is 0 Å². The van der Waals surface area contributed by atoms with Crippen LogP contribution in [0.2, 0.25) is 0 Å². The molecule has 1 heterocycles. The third kappa shape index (κ3) is 2.37. The van der Waals surface area contributed by atoms with Crippen molar-refractivity contribution in [3.05, 3.63) is 35.6 Å². The van der Waals surface area contributed by atoms with Gasteiger partial charge in [0.25, 0.3) is 5.91 Å². The van der Waals surface area contributed by atoms with Crippen LogP contribution in [-0.2, 0) is 0 Å². The zero-order valence-electron chi connectivity index (χ0n) is 8.12. The summed E-state index contributed by atoms with van der Waals surface area (Å²) in [5.74, 6) is -0.330. The highest BCUT2D eigenvalue weighted by Gasteiger charge is 2.24. The topological polar surface area (TPSA) is 20.3 Å². The first-order chi connectivity index (χ1) is 7.16. The van der Waals surface area contributed by atoms with Crippen molar-refractivity contribution in [2.75, 3.05) is 13.1 Å². The van der Waals surface area contributed by atoms with Crippen molar-refractivity contribution in [2.24, 2.45) is 0 Å². The Morgan fingerprint density at radius 3 is 2.60 bits per heavy atom. The van der Waals surface area contributed by atoms with E-state index >= 15 is 0 Å². The zero-order chi connectivity index (χ0) is 10.8. The number of halogens is 2. The molecule has 0 bridgehead atoms. The van der Waals surface area contributed by atoms with Gasteiger partial charge in [-0.25, -0.2) is 4.39 Å². The maximum Gasteiger partial charge on any atom is 0.253 e. The van der Waals surface area contributed by atoms with Crippen molar-refractivity contribution < 1.29 is 9.18 Å². The number of carbonyl (C=O) groups is 1. The number of nitrogens with zero attached hydrogens (tertiary/aromatic N) is 1. The molecule has 1 amide bonds. The largest absolute Gasteiger partial charge is 0.337 e. The molecule has 0 N–H and O–H groups in total. The highest BCUT2D eigenvalue weighted by Crippen LogP contribution is 2.18. The normalized spacial score (nSPS) is 20.7. The second kappa shape index (κ2) is 4.31. The number of carbonyl (C=O) groups excluding carboxylic acids is 1. The Morgan fingerprint density at radius 1 is 1.40 bits per heavy atom. The van der Waals surface area contributed by atoms with Gasteiger partial charge in [0.15, 0.2) is 0 Å². The number of hydrogen-bond acceptors (Lipinski definition) is 1. The standard InChI is InChI=1S/C11H11BrFNO/c12-9-5-6-14(7-9)11(15)8-1-3-10(13)4-2-8/h1-4,9H,5-7H2. The van der Waals surface area contributed by atoms with E-state index in [4.69, 9.17) is 0 Å². The Labute approximate surface area is 96.2 Å². The molecule has 0 radical (unpaired) electrons. The lowest BCUT2D eigenvalue weighted by atomic mass is 10.2. The number of hydrogen-bond donors (Lipinski definition) is 0. The number of rotatable bonds is 1. The predicted octanol–water partition coefficient (Wildman–Crippen LogP) is 2.44. The summed E-state index contributed by atoms with van der Waals surface area (Å²) < 4.78 is 12.7. The lowest BCUT2D eigenvalue weighted by molar-refractivity contribution is 0.0793. The third-order valence-electron chi connectivity index (χ3n) is 2.51. The summed E-state index contributed by atoms with van der Waals surface area (Å²) in [5, 5.41) is 0. The first-order valence-corrected chi connectivity index (χ1v) is 5.77. The van der Waals surface area contributed by atoms with Gasteiger partial charge >= 0.3 is 0 Å². The average Bonchev–Trinajstić information content (AvgIpc) is 2.65. The second-order valence-corrected chi connectivity index (χ2v) is 4.94. The Bertz CT molecular complexity index is 365. The van der Waals surface area contributed by atoms with Crippen LogP contribution < -0.4 is 0 Å². The summed E-state index contributed by atoms with van der Waals surface area (Å²) in [6, 6.07) is 5.68. The summed E-state index contributed by atoms with van der Waals surface area (Å²) in [6.45, 7) is 1.50. The van der Waals surface area contributed by atoms with Gasteiger partial charge in [0.05, 0.1) is 0 Å². The van der Waals surface area contributed by atoms with Crippen LogP contribution in [0.15, 0.2) is 24.3 Å². The molecule has 1 atom stereocenters. The summed E-state index contributed by atoms with van der Waals surface area (Å²) in [6.07, 6.45) is 0.979. The van der Waals surface area contributed by atoms with E-state index in [0.29, 0.717) is 10.4 Å². The molecular formula is C11H11BrFNO. The van der Waals surface area contributed by atoms with Gasteiger partial charge in [0, 0.05) is 23.5 Å². The van der Waals surface area contributed by atoms with Gasteiger partial charge in [-0.15, -0.1) is 0 Å². The van der Waals surface area contributed by atoms with E-state index in [9.17, 15) is 9.18 Å². The first-order valence-electron chi connectivity index (χ1n) is 4.86. The summed E-state index contributed by atoms with van der Waals surface area (Å²) in [7, 11) is 0. The SMILES string of the molecule is O=C(c1ccc(F)cc1)N1CCC(Br)C1. The van der Waals surface area contributed by atoms with Crippen LogP contribution in [0.5, 0.6) is 0 Å². The van der Waals surface area contributed by atoms with Gasteiger partial charge in [-0.05, 0) is 30.7 Å². The molecule has 0 aliphatic carbocycles. The maximum atomic E-state index is 12.7. The van der Waals surface area contributed by atoms with Crippen molar-refractivity contribution in [1.29, 1.82) is 0 Å². The van der Waals surface area contributed by atoms with E-state index < -0.39 is 0 Å². The minimum absolute atomic E-state index is 0.0167. The lowest BCUT2D eigenvalue weighted by Crippen LogP contribution is -2.28. The van der Waals surface area contributed by atoms with Crippen molar-refractivity contribution in [1.82, 2.24) is 4.90 Å². The molecule has 1 saturated heterocycles. The number of alkyl halides is 1. The summed E-state index contributed by atoms with van der Waals surface area (Å²) in [5.41, 5.74) is 0.554. The Kier molecular flexibility index (Phi) is 3.05. The lowest BCUT2D eigenvalue weighted by Gasteiger charge is -2.15. The fraction of sp³-hybridized carbons (Fsp3) is 0.364. The van der Waals surface area contributed by atoms with Crippen molar-refractivity contribution in [2.45, 2.75) is 11.2 Å². The second-order valence-electron chi connectivity index (χ2n) is 3.64. The first kappa shape index (κ1) is 10.6. The molecule has 1 aliphatic heterocycles. The zero-order valence-corrected chi connectivity index (χ0v) is 9.71. The van der Waals surface area contributed by atoms with Crippen LogP contribution in [0.3, 0.4) is 0 Å². The Hall–Kier alpha value is -0.900. The van der Waals surface area contributed by atoms with Crippen LogP contribution in [0.4, 0.5) is 4.39 Å². The molecule has 2 nitrogen and oxygen atoms in total. The molecule has 15 heavy (non-hydrogen) atoms. The molecule has 2 rings (SSSR count). The summed E-state index contributed by atoms with van der Waals surface area (Å²) >= 11 is 3.48. The van der Waals surface area contributed by atoms with E-state index in [-0.39, 0.29) is 11.7 Å². The quantitative estimate of drug-likeness (QED) is 0.719. The van der Waals surface area contributed by atoms with Crippen molar-refractivity contribution in [3.8, 4) is 0 Å². The van der Waals surface area contributed by atoms with Crippen molar-refractivity contribution >= 4 is 21.8 Å². The highest BCUT2D eigenvalue weighted by atomic mass is 79.9. The van der Waals surface area contributed by atoms with E-state index in [2.05, 4.69) is 15.9 Å². The van der Waals surface area contributed by atoms with Crippen LogP contribution in [0.25, 0.3) is 0 Å². The van der Waals surface area contributed by atoms with Crippen molar-refractivity contribution in [3.63, 3.8) is 0 Å². The molecule has 1 aliphatic rings. The molecule has 1 fully saturated rings. The molecule has 0 aromatic heterocycles. The van der Waals surface area contributed by atoms with Crippen LogP contribution in [0.1, 0.15) is 16.8 Å². The number of benzene rings is 1. The third-order valence-corrected chi connectivity index (χ3v) is 3.26. The molecule has 4 heteroatoms. The average molecular weight is 272 g/mol. The van der Waals surface area contributed by atoms with E-state index in [1.54, 1.807) is 4.90 Å². The van der Waals surface area contributed by atoms with E-state index in [1.165, 1.54) is 24.3 Å².